The minimum Gasteiger partial charge on any atom is -0.342 e. The monoisotopic (exact) mass is 314 g/mol. The molecule has 0 aliphatic carbocycles. The molecule has 0 saturated carbocycles. The molecular weight excluding hydrogens is 292 g/mol. The maximum atomic E-state index is 12.6. The normalized spacial score (nSPS) is 12.5. The molecule has 0 radical (unpaired) electrons. The predicted molar refractivity (Wildman–Crippen MR) is 78.9 cm³/mol. The van der Waals surface area contributed by atoms with Crippen molar-refractivity contribution in [2.75, 3.05) is 6.54 Å². The van der Waals surface area contributed by atoms with E-state index in [1.54, 1.807) is 0 Å². The summed E-state index contributed by atoms with van der Waals surface area (Å²) in [5.74, 6) is 0.131. The molecule has 18 heavy (non-hydrogen) atoms. The van der Waals surface area contributed by atoms with Gasteiger partial charge in [0.15, 0.2) is 0 Å². The van der Waals surface area contributed by atoms with E-state index in [4.69, 9.17) is 0 Å². The van der Waals surface area contributed by atoms with Crippen molar-refractivity contribution >= 4 is 21.8 Å². The molecule has 0 aliphatic heterocycles. The highest BCUT2D eigenvalue weighted by Gasteiger charge is 2.21. The zero-order valence-corrected chi connectivity index (χ0v) is 13.3. The Hall–Kier alpha value is -0.770. The van der Waals surface area contributed by atoms with Crippen LogP contribution in [0, 0.1) is 0 Å². The zero-order valence-electron chi connectivity index (χ0n) is 11.7. The minimum atomic E-state index is 0.131. The minimum absolute atomic E-state index is 0.131. The van der Waals surface area contributed by atoms with Crippen LogP contribution in [0.5, 0.6) is 0 Å². The van der Waals surface area contributed by atoms with Crippen molar-refractivity contribution in [3.05, 3.63) is 22.4 Å². The smallest absolute Gasteiger partial charge is 0.270 e. The first-order chi connectivity index (χ1) is 8.54. The third-order valence-electron chi connectivity index (χ3n) is 3.27. The van der Waals surface area contributed by atoms with Crippen LogP contribution in [0.2, 0.25) is 0 Å². The number of rotatable bonds is 6. The Kier molecular flexibility index (Phi) is 5.93. The van der Waals surface area contributed by atoms with E-state index in [2.05, 4.69) is 36.7 Å². The molecule has 0 aromatic carbocycles. The van der Waals surface area contributed by atoms with E-state index in [0.717, 1.165) is 36.1 Å². The number of hydrogen-bond donors (Lipinski definition) is 0. The van der Waals surface area contributed by atoms with Crippen LogP contribution in [0.4, 0.5) is 0 Å². The van der Waals surface area contributed by atoms with Gasteiger partial charge < -0.3 is 9.47 Å². The number of nitrogens with zero attached hydrogens (tertiary/aromatic N) is 2. The van der Waals surface area contributed by atoms with Crippen LogP contribution in [0.15, 0.2) is 16.7 Å². The Bertz CT molecular complexity index is 400. The second-order valence-electron chi connectivity index (χ2n) is 4.59. The summed E-state index contributed by atoms with van der Waals surface area (Å²) in [5, 5.41) is 0. The molecule has 0 N–H and O–H groups in total. The van der Waals surface area contributed by atoms with E-state index < -0.39 is 0 Å². The average molecular weight is 315 g/mol. The molecule has 1 aromatic heterocycles. The molecule has 0 bridgehead atoms. The molecule has 0 spiro atoms. The van der Waals surface area contributed by atoms with Gasteiger partial charge in [-0.25, -0.2) is 0 Å². The highest BCUT2D eigenvalue weighted by atomic mass is 79.9. The molecule has 1 amide bonds. The first-order valence-corrected chi connectivity index (χ1v) is 7.51. The van der Waals surface area contributed by atoms with E-state index in [-0.39, 0.29) is 11.9 Å². The lowest BCUT2D eigenvalue weighted by molar-refractivity contribution is 0.0688. The third-order valence-corrected chi connectivity index (χ3v) is 3.70. The molecule has 102 valence electrons. The first-order valence-electron chi connectivity index (χ1n) is 6.71. The molecule has 0 saturated heterocycles. The summed E-state index contributed by atoms with van der Waals surface area (Å²) in [6.07, 6.45) is 3.99. The molecule has 1 aromatic rings. The van der Waals surface area contributed by atoms with Crippen LogP contribution in [-0.4, -0.2) is 28.0 Å². The van der Waals surface area contributed by atoms with Gasteiger partial charge in [-0.3, -0.25) is 4.79 Å². The fraction of sp³-hybridized carbons (Fsp3) is 0.643. The number of hydrogen-bond acceptors (Lipinski definition) is 1. The van der Waals surface area contributed by atoms with Gasteiger partial charge >= 0.3 is 0 Å². The van der Waals surface area contributed by atoms with Crippen LogP contribution < -0.4 is 0 Å². The lowest BCUT2D eigenvalue weighted by Crippen LogP contribution is -2.39. The Morgan fingerprint density at radius 2 is 2.11 bits per heavy atom. The van der Waals surface area contributed by atoms with Crippen LogP contribution in [0.25, 0.3) is 0 Å². The largest absolute Gasteiger partial charge is 0.342 e. The second-order valence-corrected chi connectivity index (χ2v) is 5.50. The number of aromatic nitrogens is 1. The van der Waals surface area contributed by atoms with Gasteiger partial charge in [0.05, 0.1) is 0 Å². The van der Waals surface area contributed by atoms with E-state index in [9.17, 15) is 4.79 Å². The summed E-state index contributed by atoms with van der Waals surface area (Å²) in [4.78, 5) is 14.5. The van der Waals surface area contributed by atoms with Crippen molar-refractivity contribution < 1.29 is 4.79 Å². The van der Waals surface area contributed by atoms with Gasteiger partial charge in [0.25, 0.3) is 5.91 Å². The van der Waals surface area contributed by atoms with Gasteiger partial charge in [0.1, 0.15) is 5.69 Å². The molecule has 4 heteroatoms. The number of amides is 1. The van der Waals surface area contributed by atoms with Gasteiger partial charge in [0.2, 0.25) is 0 Å². The second kappa shape index (κ2) is 6.98. The standard InChI is InChI=1S/C14H23BrN2O/c1-5-8-16-10-12(15)9-13(16)14(18)17(7-3)11(4)6-2/h9-11H,5-8H2,1-4H3. The van der Waals surface area contributed by atoms with Crippen LogP contribution in [0.1, 0.15) is 51.0 Å². The van der Waals surface area contributed by atoms with Crippen LogP contribution in [0.3, 0.4) is 0 Å². The highest BCUT2D eigenvalue weighted by Crippen LogP contribution is 2.18. The molecule has 0 aliphatic rings. The summed E-state index contributed by atoms with van der Waals surface area (Å²) in [5.41, 5.74) is 0.783. The lowest BCUT2D eigenvalue weighted by atomic mass is 10.2. The molecule has 1 atom stereocenters. The highest BCUT2D eigenvalue weighted by molar-refractivity contribution is 9.10. The van der Waals surface area contributed by atoms with Gasteiger partial charge in [-0.15, -0.1) is 0 Å². The SMILES string of the molecule is CCCn1cc(Br)cc1C(=O)N(CC)C(C)CC. The average Bonchev–Trinajstić information content (AvgIpc) is 2.71. The lowest BCUT2D eigenvalue weighted by Gasteiger charge is -2.27. The van der Waals surface area contributed by atoms with Crippen molar-refractivity contribution in [1.82, 2.24) is 9.47 Å². The van der Waals surface area contributed by atoms with Gasteiger partial charge in [-0.1, -0.05) is 13.8 Å². The Balaban J connectivity index is 3.00. The fourth-order valence-corrected chi connectivity index (χ4v) is 2.57. The number of aryl methyl sites for hydroxylation is 1. The van der Waals surface area contributed by atoms with Gasteiger partial charge in [0, 0.05) is 29.8 Å². The molecule has 1 unspecified atom stereocenters. The summed E-state index contributed by atoms with van der Waals surface area (Å²) in [6.45, 7) is 10.00. The molecule has 1 rings (SSSR count). The van der Waals surface area contributed by atoms with Gasteiger partial charge in [-0.05, 0) is 48.7 Å². The Morgan fingerprint density at radius 3 is 2.61 bits per heavy atom. The number of halogens is 1. The number of carbonyl (C=O) groups is 1. The van der Waals surface area contributed by atoms with Crippen molar-refractivity contribution in [2.45, 2.75) is 53.1 Å². The van der Waals surface area contributed by atoms with Crippen LogP contribution >= 0.6 is 15.9 Å². The fourth-order valence-electron chi connectivity index (χ4n) is 2.10. The van der Waals surface area contributed by atoms with Gasteiger partial charge in [-0.2, -0.15) is 0 Å². The molecule has 1 heterocycles. The molecular formula is C14H23BrN2O. The van der Waals surface area contributed by atoms with E-state index >= 15 is 0 Å². The Morgan fingerprint density at radius 1 is 1.44 bits per heavy atom. The predicted octanol–water partition coefficient (Wildman–Crippen LogP) is 3.92. The quantitative estimate of drug-likeness (QED) is 0.781. The summed E-state index contributed by atoms with van der Waals surface area (Å²) < 4.78 is 3.01. The van der Waals surface area contributed by atoms with Crippen LogP contribution in [-0.2, 0) is 6.54 Å². The summed E-state index contributed by atoms with van der Waals surface area (Å²) >= 11 is 3.45. The summed E-state index contributed by atoms with van der Waals surface area (Å²) in [6, 6.07) is 2.20. The van der Waals surface area contributed by atoms with E-state index in [0.29, 0.717) is 0 Å². The van der Waals surface area contributed by atoms with Crippen molar-refractivity contribution in [1.29, 1.82) is 0 Å². The molecule has 0 fully saturated rings. The van der Waals surface area contributed by atoms with Crippen molar-refractivity contribution in [3.63, 3.8) is 0 Å². The van der Waals surface area contributed by atoms with E-state index in [1.165, 1.54) is 0 Å². The van der Waals surface area contributed by atoms with Crippen molar-refractivity contribution in [3.8, 4) is 0 Å². The number of carbonyl (C=O) groups excluding carboxylic acids is 1. The maximum Gasteiger partial charge on any atom is 0.270 e. The molecule has 3 nitrogen and oxygen atoms in total. The first kappa shape index (κ1) is 15.3. The zero-order chi connectivity index (χ0) is 13.7. The topological polar surface area (TPSA) is 25.2 Å². The third kappa shape index (κ3) is 3.37. The van der Waals surface area contributed by atoms with Crippen molar-refractivity contribution in [2.24, 2.45) is 0 Å². The van der Waals surface area contributed by atoms with E-state index in [1.807, 2.05) is 28.7 Å². The maximum absolute atomic E-state index is 12.6. The Labute approximate surface area is 118 Å². The summed E-state index contributed by atoms with van der Waals surface area (Å²) in [7, 11) is 0.